The van der Waals surface area contributed by atoms with E-state index >= 15 is 0 Å². The van der Waals surface area contributed by atoms with Crippen molar-refractivity contribution in [2.75, 3.05) is 16.8 Å². The van der Waals surface area contributed by atoms with Crippen molar-refractivity contribution in [3.05, 3.63) is 55.4 Å². The summed E-state index contributed by atoms with van der Waals surface area (Å²) >= 11 is 0. The summed E-state index contributed by atoms with van der Waals surface area (Å²) in [5, 5.41) is 7.22. The number of rotatable bonds is 4. The maximum atomic E-state index is 12.2. The van der Waals surface area contributed by atoms with E-state index in [-0.39, 0.29) is 12.5 Å². The molecule has 0 bridgehead atoms. The predicted molar refractivity (Wildman–Crippen MR) is 99.6 cm³/mol. The highest BCUT2D eigenvalue weighted by molar-refractivity contribution is 5.91. The molecule has 1 aliphatic heterocycles. The minimum atomic E-state index is -0.105. The van der Waals surface area contributed by atoms with Gasteiger partial charge in [0.25, 0.3) is 0 Å². The van der Waals surface area contributed by atoms with Gasteiger partial charge in [0.2, 0.25) is 5.91 Å². The molecule has 3 aromatic heterocycles. The van der Waals surface area contributed by atoms with Gasteiger partial charge in [-0.15, -0.1) is 0 Å². The fourth-order valence-electron chi connectivity index (χ4n) is 3.26. The second kappa shape index (κ2) is 6.20. The Labute approximate surface area is 154 Å². The lowest BCUT2D eigenvalue weighted by Crippen LogP contribution is -2.29. The van der Waals surface area contributed by atoms with Crippen molar-refractivity contribution in [2.24, 2.45) is 0 Å². The molecule has 0 unspecified atom stereocenters. The lowest BCUT2D eigenvalue weighted by molar-refractivity contribution is -0.116. The molecule has 0 radical (unpaired) electrons. The van der Waals surface area contributed by atoms with Gasteiger partial charge in [-0.3, -0.25) is 9.48 Å². The molecule has 9 heteroatoms. The Bertz CT molecular complexity index is 1120. The number of carbonyl (C=O) groups excluding carboxylic acids is 1. The van der Waals surface area contributed by atoms with Crippen LogP contribution in [0.15, 0.2) is 55.4 Å². The number of imidazole rings is 1. The number of benzene rings is 1. The third-order valence-electron chi connectivity index (χ3n) is 4.48. The number of hydrogen-bond acceptors (Lipinski definition) is 6. The molecule has 0 atom stereocenters. The van der Waals surface area contributed by atoms with E-state index < -0.39 is 0 Å². The van der Waals surface area contributed by atoms with Crippen LogP contribution in [0.1, 0.15) is 0 Å². The van der Waals surface area contributed by atoms with Gasteiger partial charge < -0.3 is 14.8 Å². The number of anilines is 3. The van der Waals surface area contributed by atoms with Gasteiger partial charge in [0.05, 0.1) is 19.1 Å². The molecule has 1 aliphatic rings. The van der Waals surface area contributed by atoms with Gasteiger partial charge in [0, 0.05) is 18.4 Å². The Hall–Kier alpha value is -3.75. The fraction of sp³-hybridized carbons (Fsp3) is 0.167. The van der Waals surface area contributed by atoms with E-state index in [2.05, 4.69) is 25.4 Å². The third kappa shape index (κ3) is 2.78. The Balaban J connectivity index is 1.36. The van der Waals surface area contributed by atoms with E-state index in [1.54, 1.807) is 17.1 Å². The van der Waals surface area contributed by atoms with Gasteiger partial charge >= 0.3 is 0 Å². The largest absolute Gasteiger partial charge is 0.326 e. The standard InChI is InChI=1S/C18H16N8O/c27-16(23-13-4-2-1-3-5-13)10-24-9-15(21-12-24)25-6-7-26-17-14(8-22-26)19-11-20-18(17)25/h1-5,8-9,11-12H,6-7,10H2,(H,23,27). The molecule has 9 nitrogen and oxygen atoms in total. The summed E-state index contributed by atoms with van der Waals surface area (Å²) in [5.41, 5.74) is 2.49. The second-order valence-electron chi connectivity index (χ2n) is 6.27. The molecular formula is C18H16N8O. The second-order valence-corrected chi connectivity index (χ2v) is 6.27. The van der Waals surface area contributed by atoms with Gasteiger partial charge in [-0.05, 0) is 12.1 Å². The van der Waals surface area contributed by atoms with Crippen molar-refractivity contribution in [1.29, 1.82) is 0 Å². The third-order valence-corrected chi connectivity index (χ3v) is 4.48. The molecule has 4 aromatic rings. The van der Waals surface area contributed by atoms with E-state index in [0.717, 1.165) is 34.9 Å². The lowest BCUT2D eigenvalue weighted by atomic mass is 10.3. The first-order valence-corrected chi connectivity index (χ1v) is 8.59. The zero-order chi connectivity index (χ0) is 18.2. The summed E-state index contributed by atoms with van der Waals surface area (Å²) in [5.74, 6) is 1.42. The van der Waals surface area contributed by atoms with Crippen molar-refractivity contribution in [3.63, 3.8) is 0 Å². The number of hydrogen-bond donors (Lipinski definition) is 1. The molecule has 134 valence electrons. The van der Waals surface area contributed by atoms with Crippen molar-refractivity contribution in [3.8, 4) is 0 Å². The van der Waals surface area contributed by atoms with E-state index in [0.29, 0.717) is 6.54 Å². The van der Waals surface area contributed by atoms with Crippen LogP contribution in [0.3, 0.4) is 0 Å². The van der Waals surface area contributed by atoms with Gasteiger partial charge in [0.1, 0.15) is 23.9 Å². The summed E-state index contributed by atoms with van der Waals surface area (Å²) in [6, 6.07) is 9.39. The first kappa shape index (κ1) is 15.5. The van der Waals surface area contributed by atoms with Crippen LogP contribution in [0.4, 0.5) is 17.3 Å². The molecule has 0 spiro atoms. The van der Waals surface area contributed by atoms with E-state index in [1.165, 1.54) is 6.33 Å². The highest BCUT2D eigenvalue weighted by Crippen LogP contribution is 2.31. The molecule has 1 amide bonds. The molecule has 5 rings (SSSR count). The molecule has 0 fully saturated rings. The Morgan fingerprint density at radius 3 is 2.89 bits per heavy atom. The van der Waals surface area contributed by atoms with Gasteiger partial charge in [-0.25, -0.2) is 15.0 Å². The van der Waals surface area contributed by atoms with Crippen LogP contribution in [0.5, 0.6) is 0 Å². The van der Waals surface area contributed by atoms with Crippen LogP contribution in [0.2, 0.25) is 0 Å². The van der Waals surface area contributed by atoms with Gasteiger partial charge in [0.15, 0.2) is 11.6 Å². The Morgan fingerprint density at radius 1 is 1.11 bits per heavy atom. The number of amides is 1. The van der Waals surface area contributed by atoms with Crippen LogP contribution >= 0.6 is 0 Å². The normalized spacial score (nSPS) is 13.1. The molecule has 0 aliphatic carbocycles. The minimum absolute atomic E-state index is 0.105. The summed E-state index contributed by atoms with van der Waals surface area (Å²) in [7, 11) is 0. The zero-order valence-electron chi connectivity index (χ0n) is 14.4. The van der Waals surface area contributed by atoms with Gasteiger partial charge in [-0.2, -0.15) is 5.10 Å². The number of nitrogens with zero attached hydrogens (tertiary/aromatic N) is 7. The Kier molecular flexibility index (Phi) is 3.56. The van der Waals surface area contributed by atoms with E-state index in [1.807, 2.05) is 46.1 Å². The zero-order valence-corrected chi connectivity index (χ0v) is 14.4. The number of para-hydroxylation sites is 1. The molecule has 27 heavy (non-hydrogen) atoms. The highest BCUT2D eigenvalue weighted by Gasteiger charge is 2.24. The topological polar surface area (TPSA) is 93.8 Å². The van der Waals surface area contributed by atoms with Crippen LogP contribution in [0, 0.1) is 0 Å². The van der Waals surface area contributed by atoms with Crippen molar-refractivity contribution in [2.45, 2.75) is 13.1 Å². The molecule has 4 heterocycles. The summed E-state index contributed by atoms with van der Waals surface area (Å²) in [4.78, 5) is 27.4. The summed E-state index contributed by atoms with van der Waals surface area (Å²) in [6.45, 7) is 1.62. The SMILES string of the molecule is O=C(Cn1cnc(N2CCn3ncc4ncnc2c43)c1)Nc1ccccc1. The highest BCUT2D eigenvalue weighted by atomic mass is 16.1. The average Bonchev–Trinajstić information content (AvgIpc) is 3.31. The number of nitrogens with one attached hydrogen (secondary N) is 1. The maximum absolute atomic E-state index is 12.2. The molecule has 1 N–H and O–H groups in total. The summed E-state index contributed by atoms with van der Waals surface area (Å²) < 4.78 is 3.67. The first-order valence-electron chi connectivity index (χ1n) is 8.59. The summed E-state index contributed by atoms with van der Waals surface area (Å²) in [6.07, 6.45) is 6.79. The fourth-order valence-corrected chi connectivity index (χ4v) is 3.26. The molecule has 1 aromatic carbocycles. The molecular weight excluding hydrogens is 344 g/mol. The first-order chi connectivity index (χ1) is 13.3. The van der Waals surface area contributed by atoms with Crippen molar-refractivity contribution >= 4 is 34.3 Å². The maximum Gasteiger partial charge on any atom is 0.244 e. The number of aromatic nitrogens is 6. The Morgan fingerprint density at radius 2 is 2.00 bits per heavy atom. The van der Waals surface area contributed by atoms with Gasteiger partial charge in [-0.1, -0.05) is 18.2 Å². The molecule has 0 saturated carbocycles. The molecule has 0 saturated heterocycles. The lowest BCUT2D eigenvalue weighted by Gasteiger charge is -2.26. The number of carbonyl (C=O) groups is 1. The van der Waals surface area contributed by atoms with Crippen molar-refractivity contribution < 1.29 is 4.79 Å². The smallest absolute Gasteiger partial charge is 0.244 e. The van der Waals surface area contributed by atoms with Crippen molar-refractivity contribution in [1.82, 2.24) is 29.3 Å². The van der Waals surface area contributed by atoms with E-state index in [9.17, 15) is 4.79 Å². The van der Waals surface area contributed by atoms with Crippen LogP contribution in [0.25, 0.3) is 11.0 Å². The predicted octanol–water partition coefficient (Wildman–Crippen LogP) is 1.81. The average molecular weight is 360 g/mol. The van der Waals surface area contributed by atoms with Crippen LogP contribution in [-0.4, -0.2) is 41.8 Å². The van der Waals surface area contributed by atoms with E-state index in [4.69, 9.17) is 0 Å². The van der Waals surface area contributed by atoms with Crippen LogP contribution < -0.4 is 10.2 Å². The minimum Gasteiger partial charge on any atom is -0.326 e. The quantitative estimate of drug-likeness (QED) is 0.597. The monoisotopic (exact) mass is 360 g/mol. The van der Waals surface area contributed by atoms with Crippen LogP contribution in [-0.2, 0) is 17.9 Å².